The highest BCUT2D eigenvalue weighted by Gasteiger charge is 2.11. The standard InChI is InChI=1S/C24H18BrN3O2S2/c1-30-21-12-11-18(13-19(21)25)20-14-32-24(26-20)28-23(31)27-22(29)17-9-7-16(8-10-17)15-5-3-2-4-6-15/h2-14H,1H3,(H2,26,27,28,29,31). The van der Waals surface area contributed by atoms with Crippen LogP contribution in [0.25, 0.3) is 22.4 Å². The van der Waals surface area contributed by atoms with Crippen LogP contribution in [0.5, 0.6) is 5.75 Å². The predicted octanol–water partition coefficient (Wildman–Crippen LogP) is 6.38. The normalized spacial score (nSPS) is 10.4. The Hall–Kier alpha value is -3.07. The third-order valence-corrected chi connectivity index (χ3v) is 6.24. The van der Waals surface area contributed by atoms with Crippen LogP contribution in [-0.2, 0) is 0 Å². The first-order valence-corrected chi connectivity index (χ1v) is 11.7. The fourth-order valence-electron chi connectivity index (χ4n) is 3.04. The van der Waals surface area contributed by atoms with Crippen LogP contribution in [0.15, 0.2) is 82.6 Å². The molecule has 2 N–H and O–H groups in total. The summed E-state index contributed by atoms with van der Waals surface area (Å²) >= 11 is 10.2. The molecule has 1 heterocycles. The quantitative estimate of drug-likeness (QED) is 0.297. The maximum absolute atomic E-state index is 12.5. The van der Waals surface area contributed by atoms with E-state index in [0.717, 1.165) is 32.6 Å². The summed E-state index contributed by atoms with van der Waals surface area (Å²) in [6.45, 7) is 0. The van der Waals surface area contributed by atoms with Crippen molar-refractivity contribution in [3.8, 4) is 28.1 Å². The SMILES string of the molecule is COc1ccc(-c2csc(NC(=S)NC(=O)c3ccc(-c4ccccc4)cc3)n2)cc1Br. The number of hydrogen-bond donors (Lipinski definition) is 2. The second-order valence-electron chi connectivity index (χ2n) is 6.74. The number of ether oxygens (including phenoxy) is 1. The molecule has 0 spiro atoms. The number of nitrogens with zero attached hydrogens (tertiary/aromatic N) is 1. The molecule has 3 aromatic carbocycles. The molecule has 4 aromatic rings. The Bertz CT molecular complexity index is 1260. The second-order valence-corrected chi connectivity index (χ2v) is 8.86. The average Bonchev–Trinajstić information content (AvgIpc) is 3.28. The van der Waals surface area contributed by atoms with E-state index < -0.39 is 0 Å². The Morgan fingerprint density at radius 1 is 1.00 bits per heavy atom. The minimum atomic E-state index is -0.280. The van der Waals surface area contributed by atoms with Crippen molar-refractivity contribution in [2.45, 2.75) is 0 Å². The number of thiazole rings is 1. The van der Waals surface area contributed by atoms with E-state index in [-0.39, 0.29) is 11.0 Å². The topological polar surface area (TPSA) is 63.2 Å². The largest absolute Gasteiger partial charge is 0.496 e. The Labute approximate surface area is 203 Å². The van der Waals surface area contributed by atoms with Crippen LogP contribution in [-0.4, -0.2) is 23.1 Å². The number of nitrogens with one attached hydrogen (secondary N) is 2. The molecule has 32 heavy (non-hydrogen) atoms. The van der Waals surface area contributed by atoms with Crippen LogP contribution in [0.1, 0.15) is 10.4 Å². The molecule has 1 aromatic heterocycles. The molecular weight excluding hydrogens is 506 g/mol. The number of amides is 1. The maximum atomic E-state index is 12.5. The van der Waals surface area contributed by atoms with Gasteiger partial charge in [0.05, 0.1) is 17.3 Å². The highest BCUT2D eigenvalue weighted by Crippen LogP contribution is 2.32. The summed E-state index contributed by atoms with van der Waals surface area (Å²) in [7, 11) is 1.62. The van der Waals surface area contributed by atoms with Gasteiger partial charge in [-0.25, -0.2) is 4.98 Å². The fraction of sp³-hybridized carbons (Fsp3) is 0.0417. The van der Waals surface area contributed by atoms with Gasteiger partial charge in [0.25, 0.3) is 5.91 Å². The Morgan fingerprint density at radius 2 is 1.69 bits per heavy atom. The Balaban J connectivity index is 1.38. The number of thiocarbonyl (C=S) groups is 1. The molecule has 0 saturated heterocycles. The van der Waals surface area contributed by atoms with Crippen molar-refractivity contribution in [3.05, 3.63) is 88.2 Å². The Morgan fingerprint density at radius 3 is 2.38 bits per heavy atom. The molecule has 5 nitrogen and oxygen atoms in total. The summed E-state index contributed by atoms with van der Waals surface area (Å²) in [6.07, 6.45) is 0. The van der Waals surface area contributed by atoms with Crippen LogP contribution in [0, 0.1) is 0 Å². The molecule has 160 valence electrons. The number of methoxy groups -OCH3 is 1. The number of benzene rings is 3. The molecule has 0 bridgehead atoms. The first kappa shape index (κ1) is 22.1. The number of rotatable bonds is 5. The molecule has 0 aliphatic carbocycles. The summed E-state index contributed by atoms with van der Waals surface area (Å²) in [4.78, 5) is 17.1. The van der Waals surface area contributed by atoms with Gasteiger partial charge in [0, 0.05) is 16.5 Å². The van der Waals surface area contributed by atoms with Gasteiger partial charge in [0.1, 0.15) is 5.75 Å². The van der Waals surface area contributed by atoms with Crippen molar-refractivity contribution in [3.63, 3.8) is 0 Å². The van der Waals surface area contributed by atoms with Crippen LogP contribution >= 0.6 is 39.5 Å². The molecule has 1 amide bonds. The minimum absolute atomic E-state index is 0.193. The maximum Gasteiger partial charge on any atom is 0.257 e. The lowest BCUT2D eigenvalue weighted by Crippen LogP contribution is -2.34. The lowest BCUT2D eigenvalue weighted by atomic mass is 10.0. The zero-order valence-electron chi connectivity index (χ0n) is 17.0. The van der Waals surface area contributed by atoms with Gasteiger partial charge in [0.2, 0.25) is 0 Å². The van der Waals surface area contributed by atoms with Crippen molar-refractivity contribution in [1.29, 1.82) is 0 Å². The average molecular weight is 524 g/mol. The molecular formula is C24H18BrN3O2S2. The highest BCUT2D eigenvalue weighted by molar-refractivity contribution is 9.10. The van der Waals surface area contributed by atoms with Crippen LogP contribution in [0.3, 0.4) is 0 Å². The summed E-state index contributed by atoms with van der Waals surface area (Å²) in [5.41, 5.74) is 4.40. The van der Waals surface area contributed by atoms with E-state index in [9.17, 15) is 4.79 Å². The molecule has 0 aliphatic rings. The van der Waals surface area contributed by atoms with Gasteiger partial charge >= 0.3 is 0 Å². The lowest BCUT2D eigenvalue weighted by Gasteiger charge is -2.08. The van der Waals surface area contributed by atoms with E-state index in [1.807, 2.05) is 66.0 Å². The van der Waals surface area contributed by atoms with E-state index >= 15 is 0 Å². The zero-order chi connectivity index (χ0) is 22.5. The van der Waals surface area contributed by atoms with Gasteiger partial charge in [-0.05, 0) is 69.6 Å². The molecule has 0 saturated carbocycles. The molecule has 0 aliphatic heterocycles. The molecule has 4 rings (SSSR count). The summed E-state index contributed by atoms with van der Waals surface area (Å²) in [5, 5.41) is 8.39. The minimum Gasteiger partial charge on any atom is -0.496 e. The first-order valence-electron chi connectivity index (χ1n) is 9.61. The smallest absolute Gasteiger partial charge is 0.257 e. The number of halogens is 1. The number of hydrogen-bond acceptors (Lipinski definition) is 5. The summed E-state index contributed by atoms with van der Waals surface area (Å²) in [6, 6.07) is 23.1. The van der Waals surface area contributed by atoms with Crippen molar-refractivity contribution < 1.29 is 9.53 Å². The zero-order valence-corrected chi connectivity index (χ0v) is 20.2. The van der Waals surface area contributed by atoms with Crippen molar-refractivity contribution in [1.82, 2.24) is 10.3 Å². The van der Waals surface area contributed by atoms with E-state index in [4.69, 9.17) is 17.0 Å². The summed E-state index contributed by atoms with van der Waals surface area (Å²) in [5.74, 6) is 0.473. The fourth-order valence-corrected chi connectivity index (χ4v) is 4.56. The van der Waals surface area contributed by atoms with E-state index in [1.54, 1.807) is 19.2 Å². The number of carbonyl (C=O) groups excluding carboxylic acids is 1. The van der Waals surface area contributed by atoms with Gasteiger partial charge in [-0.15, -0.1) is 11.3 Å². The lowest BCUT2D eigenvalue weighted by molar-refractivity contribution is 0.0978. The van der Waals surface area contributed by atoms with Gasteiger partial charge < -0.3 is 10.1 Å². The number of carbonyl (C=O) groups is 1. The number of anilines is 1. The molecule has 0 unspecified atom stereocenters. The number of aromatic nitrogens is 1. The van der Waals surface area contributed by atoms with Gasteiger partial charge in [-0.3, -0.25) is 10.1 Å². The van der Waals surface area contributed by atoms with Gasteiger partial charge in [0.15, 0.2) is 10.2 Å². The summed E-state index contributed by atoms with van der Waals surface area (Å²) < 4.78 is 6.11. The third kappa shape index (κ3) is 5.21. The van der Waals surface area contributed by atoms with Gasteiger partial charge in [-0.2, -0.15) is 0 Å². The Kier molecular flexibility index (Phi) is 6.94. The van der Waals surface area contributed by atoms with Gasteiger partial charge in [-0.1, -0.05) is 42.5 Å². The van der Waals surface area contributed by atoms with Crippen LogP contribution < -0.4 is 15.4 Å². The molecule has 0 radical (unpaired) electrons. The third-order valence-electron chi connectivity index (χ3n) is 4.65. The monoisotopic (exact) mass is 523 g/mol. The van der Waals surface area contributed by atoms with E-state index in [2.05, 4.69) is 31.5 Å². The molecule has 0 fully saturated rings. The second kappa shape index (κ2) is 10.0. The van der Waals surface area contributed by atoms with Crippen molar-refractivity contribution >= 4 is 55.6 Å². The van der Waals surface area contributed by atoms with Crippen molar-refractivity contribution in [2.24, 2.45) is 0 Å². The van der Waals surface area contributed by atoms with E-state index in [0.29, 0.717) is 10.7 Å². The van der Waals surface area contributed by atoms with Crippen molar-refractivity contribution in [2.75, 3.05) is 12.4 Å². The highest BCUT2D eigenvalue weighted by atomic mass is 79.9. The first-order chi connectivity index (χ1) is 15.5. The van der Waals surface area contributed by atoms with Crippen LogP contribution in [0.2, 0.25) is 0 Å². The van der Waals surface area contributed by atoms with Crippen LogP contribution in [0.4, 0.5) is 5.13 Å². The van der Waals surface area contributed by atoms with E-state index in [1.165, 1.54) is 11.3 Å². The predicted molar refractivity (Wildman–Crippen MR) is 137 cm³/mol. The molecule has 8 heteroatoms. The molecule has 0 atom stereocenters.